The van der Waals surface area contributed by atoms with Gasteiger partial charge in [0.15, 0.2) is 0 Å². The molecule has 0 aromatic heterocycles. The van der Waals surface area contributed by atoms with Crippen LogP contribution in [0.3, 0.4) is 0 Å². The fraction of sp³-hybridized carbons (Fsp3) is 0.833. The van der Waals surface area contributed by atoms with Crippen LogP contribution in [0, 0.1) is 0 Å². The van der Waals surface area contributed by atoms with Crippen LogP contribution in [0.25, 0.3) is 0 Å². The largest absolute Gasteiger partial charge is 0.315 e. The lowest BCUT2D eigenvalue weighted by atomic mass is 10.3. The van der Waals surface area contributed by atoms with Gasteiger partial charge in [0.2, 0.25) is 10.0 Å². The quantitative estimate of drug-likeness (QED) is 0.555. The van der Waals surface area contributed by atoms with Gasteiger partial charge in [-0.2, -0.15) is 4.31 Å². The smallest absolute Gasteiger partial charge is 0.214 e. The summed E-state index contributed by atoms with van der Waals surface area (Å²) >= 11 is 0. The lowest BCUT2D eigenvalue weighted by Crippen LogP contribution is -2.35. The van der Waals surface area contributed by atoms with Crippen LogP contribution in [0.2, 0.25) is 0 Å². The molecule has 1 N–H and O–H groups in total. The summed E-state index contributed by atoms with van der Waals surface area (Å²) in [5.41, 5.74) is 0. The van der Waals surface area contributed by atoms with Crippen LogP contribution in [0.1, 0.15) is 33.1 Å². The third-order valence-electron chi connectivity index (χ3n) is 2.80. The van der Waals surface area contributed by atoms with Gasteiger partial charge >= 0.3 is 0 Å². The van der Waals surface area contributed by atoms with Gasteiger partial charge in [-0.3, -0.25) is 0 Å². The number of rotatable bonds is 7. The lowest BCUT2D eigenvalue weighted by molar-refractivity contribution is 0.435. The van der Waals surface area contributed by atoms with Crippen molar-refractivity contribution in [2.45, 2.75) is 39.2 Å². The molecule has 0 saturated carbocycles. The average molecular weight is 260 g/mol. The Bertz CT molecular complexity index is 336. The molecule has 1 aliphatic heterocycles. The summed E-state index contributed by atoms with van der Waals surface area (Å²) in [6.07, 6.45) is 6.47. The highest BCUT2D eigenvalue weighted by Crippen LogP contribution is 2.09. The number of nitrogens with one attached hydrogen (secondary N) is 1. The van der Waals surface area contributed by atoms with Crippen molar-refractivity contribution in [1.29, 1.82) is 0 Å². The third kappa shape index (κ3) is 5.66. The van der Waals surface area contributed by atoms with Crippen LogP contribution in [-0.2, 0) is 10.0 Å². The Morgan fingerprint density at radius 2 is 2.06 bits per heavy atom. The van der Waals surface area contributed by atoms with E-state index in [9.17, 15) is 8.42 Å². The van der Waals surface area contributed by atoms with Gasteiger partial charge in [-0.1, -0.05) is 26.0 Å². The summed E-state index contributed by atoms with van der Waals surface area (Å²) < 4.78 is 25.5. The maximum atomic E-state index is 12.0. The molecule has 0 aromatic rings. The van der Waals surface area contributed by atoms with Gasteiger partial charge in [-0.25, -0.2) is 8.42 Å². The Balaban J connectivity index is 2.23. The van der Waals surface area contributed by atoms with Gasteiger partial charge in [0.1, 0.15) is 0 Å². The molecule has 0 aromatic carbocycles. The molecule has 1 rings (SSSR count). The Morgan fingerprint density at radius 1 is 1.29 bits per heavy atom. The number of unbranched alkanes of at least 4 members (excludes halogenated alkanes) is 1. The maximum Gasteiger partial charge on any atom is 0.214 e. The minimum atomic E-state index is -3.03. The number of hydrogen-bond acceptors (Lipinski definition) is 3. The second-order valence-electron chi connectivity index (χ2n) is 4.75. The van der Waals surface area contributed by atoms with Crippen molar-refractivity contribution in [2.24, 2.45) is 0 Å². The molecule has 4 nitrogen and oxygen atoms in total. The first kappa shape index (κ1) is 14.7. The SMILES string of the molecule is CC(C)NCCCCS(=O)(=O)N1CC=CCC1. The second kappa shape index (κ2) is 7.13. The molecule has 0 unspecified atom stereocenters. The summed E-state index contributed by atoms with van der Waals surface area (Å²) in [4.78, 5) is 0. The van der Waals surface area contributed by atoms with E-state index >= 15 is 0 Å². The highest BCUT2D eigenvalue weighted by molar-refractivity contribution is 7.89. The Hall–Kier alpha value is -0.390. The lowest BCUT2D eigenvalue weighted by Gasteiger charge is -2.22. The molecule has 0 fully saturated rings. The molecule has 0 amide bonds. The highest BCUT2D eigenvalue weighted by Gasteiger charge is 2.20. The summed E-state index contributed by atoms with van der Waals surface area (Å²) in [6, 6.07) is 0.471. The first-order valence-electron chi connectivity index (χ1n) is 6.38. The maximum absolute atomic E-state index is 12.0. The Labute approximate surface area is 105 Å². The van der Waals surface area contributed by atoms with Gasteiger partial charge < -0.3 is 5.32 Å². The minimum absolute atomic E-state index is 0.278. The first-order chi connectivity index (χ1) is 8.02. The summed E-state index contributed by atoms with van der Waals surface area (Å²) in [6.45, 7) is 6.27. The molecule has 1 heterocycles. The molecule has 5 heteroatoms. The van der Waals surface area contributed by atoms with Crippen molar-refractivity contribution in [3.63, 3.8) is 0 Å². The zero-order chi connectivity index (χ0) is 12.7. The zero-order valence-corrected chi connectivity index (χ0v) is 11.7. The van der Waals surface area contributed by atoms with Gasteiger partial charge in [0.25, 0.3) is 0 Å². The molecule has 1 aliphatic rings. The fourth-order valence-electron chi connectivity index (χ4n) is 1.80. The van der Waals surface area contributed by atoms with Gasteiger partial charge in [0, 0.05) is 19.1 Å². The van der Waals surface area contributed by atoms with Gasteiger partial charge in [0.05, 0.1) is 5.75 Å². The molecule has 17 heavy (non-hydrogen) atoms. The molecule has 0 aliphatic carbocycles. The van der Waals surface area contributed by atoms with Crippen molar-refractivity contribution in [3.05, 3.63) is 12.2 Å². The molecule has 100 valence electrons. The van der Waals surface area contributed by atoms with E-state index in [0.717, 1.165) is 25.8 Å². The van der Waals surface area contributed by atoms with Gasteiger partial charge in [-0.15, -0.1) is 0 Å². The Morgan fingerprint density at radius 3 is 2.65 bits per heavy atom. The summed E-state index contributed by atoms with van der Waals surface area (Å²) in [7, 11) is -3.03. The summed E-state index contributed by atoms with van der Waals surface area (Å²) in [5.74, 6) is 0.278. The predicted octanol–water partition coefficient (Wildman–Crippen LogP) is 1.36. The van der Waals surface area contributed by atoms with Crippen LogP contribution in [0.4, 0.5) is 0 Å². The molecule has 0 atom stereocenters. The van der Waals surface area contributed by atoms with E-state index < -0.39 is 10.0 Å². The monoisotopic (exact) mass is 260 g/mol. The van der Waals surface area contributed by atoms with Crippen LogP contribution >= 0.6 is 0 Å². The van der Waals surface area contributed by atoms with Crippen molar-refractivity contribution in [3.8, 4) is 0 Å². The topological polar surface area (TPSA) is 49.4 Å². The van der Waals surface area contributed by atoms with E-state index in [1.807, 2.05) is 12.2 Å². The first-order valence-corrected chi connectivity index (χ1v) is 7.99. The standard InChI is InChI=1S/C12H24N2O2S/c1-12(2)13-8-4-7-11-17(15,16)14-9-5-3-6-10-14/h3,5,12-13H,4,6-11H2,1-2H3. The molecule has 0 spiro atoms. The Kier molecular flexibility index (Phi) is 6.16. The van der Waals surface area contributed by atoms with Crippen LogP contribution < -0.4 is 5.32 Å². The van der Waals surface area contributed by atoms with E-state index in [1.54, 1.807) is 4.31 Å². The number of hydrogen-bond donors (Lipinski definition) is 1. The van der Waals surface area contributed by atoms with E-state index in [0.29, 0.717) is 19.1 Å². The fourth-order valence-corrected chi connectivity index (χ4v) is 3.33. The number of sulfonamides is 1. The predicted molar refractivity (Wildman–Crippen MR) is 71.5 cm³/mol. The van der Waals surface area contributed by atoms with Crippen molar-refractivity contribution in [2.75, 3.05) is 25.4 Å². The van der Waals surface area contributed by atoms with Crippen LogP contribution in [0.5, 0.6) is 0 Å². The third-order valence-corrected chi connectivity index (χ3v) is 4.72. The zero-order valence-electron chi connectivity index (χ0n) is 10.9. The molecule has 0 bridgehead atoms. The molecular weight excluding hydrogens is 236 g/mol. The van der Waals surface area contributed by atoms with Crippen molar-refractivity contribution in [1.82, 2.24) is 9.62 Å². The van der Waals surface area contributed by atoms with Crippen LogP contribution in [-0.4, -0.2) is 44.2 Å². The average Bonchev–Trinajstić information content (AvgIpc) is 2.29. The van der Waals surface area contributed by atoms with E-state index in [2.05, 4.69) is 19.2 Å². The summed E-state index contributed by atoms with van der Waals surface area (Å²) in [5, 5.41) is 3.29. The normalized spacial score (nSPS) is 17.8. The van der Waals surface area contributed by atoms with E-state index in [-0.39, 0.29) is 5.75 Å². The molecule has 0 radical (unpaired) electrons. The minimum Gasteiger partial charge on any atom is -0.315 e. The van der Waals surface area contributed by atoms with E-state index in [1.165, 1.54) is 0 Å². The molecular formula is C12H24N2O2S. The molecule has 0 saturated heterocycles. The van der Waals surface area contributed by atoms with Crippen molar-refractivity contribution >= 4 is 10.0 Å². The number of nitrogens with zero attached hydrogens (tertiary/aromatic N) is 1. The highest BCUT2D eigenvalue weighted by atomic mass is 32.2. The van der Waals surface area contributed by atoms with Crippen molar-refractivity contribution < 1.29 is 8.42 Å². The van der Waals surface area contributed by atoms with Crippen LogP contribution in [0.15, 0.2) is 12.2 Å². The van der Waals surface area contributed by atoms with Gasteiger partial charge in [-0.05, 0) is 25.8 Å². The second-order valence-corrected chi connectivity index (χ2v) is 6.84. The van der Waals surface area contributed by atoms with E-state index in [4.69, 9.17) is 0 Å².